The van der Waals surface area contributed by atoms with Crippen molar-refractivity contribution >= 4 is 5.97 Å². The quantitative estimate of drug-likeness (QED) is 0.583. The molecule has 0 saturated carbocycles. The van der Waals surface area contributed by atoms with Gasteiger partial charge in [0, 0.05) is 0 Å². The number of unbranched alkanes of at least 4 members (excludes halogenated alkanes) is 3. The lowest BCUT2D eigenvalue weighted by atomic mass is 9.81. The molecule has 0 aliphatic heterocycles. The topological polar surface area (TPSA) is 37.3 Å². The summed E-state index contributed by atoms with van der Waals surface area (Å²) >= 11 is 0. The maximum absolute atomic E-state index is 10.9. The van der Waals surface area contributed by atoms with Crippen LogP contribution in [0.25, 0.3) is 0 Å². The van der Waals surface area contributed by atoms with E-state index in [0.717, 1.165) is 19.3 Å². The maximum Gasteiger partial charge on any atom is 0.309 e. The van der Waals surface area contributed by atoms with Crippen LogP contribution in [-0.4, -0.2) is 11.1 Å². The van der Waals surface area contributed by atoms with Gasteiger partial charge in [0.1, 0.15) is 0 Å². The van der Waals surface area contributed by atoms with Crippen LogP contribution in [0, 0.1) is 11.3 Å². The summed E-state index contributed by atoms with van der Waals surface area (Å²) in [7, 11) is 0. The summed E-state index contributed by atoms with van der Waals surface area (Å²) in [5.41, 5.74) is -0.510. The average molecular weight is 258 g/mol. The van der Waals surface area contributed by atoms with Gasteiger partial charge in [0.05, 0.1) is 5.41 Å². The van der Waals surface area contributed by atoms with Crippen LogP contribution in [0.2, 0.25) is 0 Å². The molecule has 0 aromatic heterocycles. The first-order chi connectivity index (χ1) is 8.33. The summed E-state index contributed by atoms with van der Waals surface area (Å²) in [5.74, 6) is -0.0686. The van der Waals surface area contributed by atoms with Gasteiger partial charge in [-0.1, -0.05) is 60.3 Å². The smallest absolute Gasteiger partial charge is 0.309 e. The second-order valence-corrected chi connectivity index (χ2v) is 5.86. The van der Waals surface area contributed by atoms with Crippen molar-refractivity contribution in [2.75, 3.05) is 0 Å². The number of carboxylic acids is 1. The third kappa shape index (κ3) is 10.6. The normalized spacial score (nSPS) is 13.7. The Bertz CT molecular complexity index is 195. The first kappa shape index (κ1) is 19.8. The van der Waals surface area contributed by atoms with E-state index in [9.17, 15) is 4.79 Å². The molecule has 0 bridgehead atoms. The van der Waals surface area contributed by atoms with E-state index in [1.807, 2.05) is 13.8 Å². The van der Waals surface area contributed by atoms with Gasteiger partial charge in [-0.2, -0.15) is 0 Å². The highest BCUT2D eigenvalue weighted by atomic mass is 16.4. The number of hydrogen-bond acceptors (Lipinski definition) is 1. The van der Waals surface area contributed by atoms with Crippen LogP contribution >= 0.6 is 0 Å². The SMILES string of the molecule is CCC(C)(CCC(C)C)C(=O)O.CCCCCC. The minimum Gasteiger partial charge on any atom is -0.481 e. The highest BCUT2D eigenvalue weighted by molar-refractivity contribution is 5.73. The second kappa shape index (κ2) is 11.6. The summed E-state index contributed by atoms with van der Waals surface area (Å²) in [6, 6.07) is 0. The van der Waals surface area contributed by atoms with Crippen molar-refractivity contribution < 1.29 is 9.90 Å². The van der Waals surface area contributed by atoms with Gasteiger partial charge < -0.3 is 5.11 Å². The van der Waals surface area contributed by atoms with Crippen LogP contribution in [0.4, 0.5) is 0 Å². The van der Waals surface area contributed by atoms with E-state index in [-0.39, 0.29) is 0 Å². The third-order valence-corrected chi connectivity index (χ3v) is 3.53. The van der Waals surface area contributed by atoms with Gasteiger partial charge in [0.25, 0.3) is 0 Å². The summed E-state index contributed by atoms with van der Waals surface area (Å²) in [5, 5.41) is 8.95. The monoisotopic (exact) mass is 258 g/mol. The third-order valence-electron chi connectivity index (χ3n) is 3.53. The van der Waals surface area contributed by atoms with E-state index < -0.39 is 11.4 Å². The number of hydrogen-bond donors (Lipinski definition) is 1. The largest absolute Gasteiger partial charge is 0.481 e. The summed E-state index contributed by atoms with van der Waals surface area (Å²) in [4.78, 5) is 10.9. The molecule has 0 rings (SSSR count). The van der Waals surface area contributed by atoms with E-state index in [0.29, 0.717) is 5.92 Å². The first-order valence-electron chi connectivity index (χ1n) is 7.57. The molecule has 0 aromatic rings. The first-order valence-corrected chi connectivity index (χ1v) is 7.57. The Hall–Kier alpha value is -0.530. The van der Waals surface area contributed by atoms with E-state index in [2.05, 4.69) is 27.7 Å². The summed E-state index contributed by atoms with van der Waals surface area (Å²) < 4.78 is 0. The fourth-order valence-corrected chi connectivity index (χ4v) is 1.54. The lowest BCUT2D eigenvalue weighted by Crippen LogP contribution is -2.26. The molecule has 2 nitrogen and oxygen atoms in total. The van der Waals surface area contributed by atoms with Crippen molar-refractivity contribution in [3.8, 4) is 0 Å². The van der Waals surface area contributed by atoms with E-state index in [1.165, 1.54) is 25.7 Å². The molecule has 1 N–H and O–H groups in total. The summed E-state index contributed by atoms with van der Waals surface area (Å²) in [6.07, 6.45) is 8.04. The van der Waals surface area contributed by atoms with Crippen LogP contribution in [0.1, 0.15) is 86.5 Å². The van der Waals surface area contributed by atoms with Crippen molar-refractivity contribution in [1.82, 2.24) is 0 Å². The van der Waals surface area contributed by atoms with Gasteiger partial charge in [-0.25, -0.2) is 0 Å². The zero-order valence-electron chi connectivity index (χ0n) is 13.4. The molecular formula is C16H34O2. The molecule has 0 heterocycles. The standard InChI is InChI=1S/C10H20O2.C6H14/c1-5-10(4,9(11)12)7-6-8(2)3;1-3-5-6-4-2/h8H,5-7H2,1-4H3,(H,11,12);3-6H2,1-2H3. The molecule has 0 amide bonds. The van der Waals surface area contributed by atoms with Crippen molar-refractivity contribution in [3.05, 3.63) is 0 Å². The predicted molar refractivity (Wildman–Crippen MR) is 79.9 cm³/mol. The second-order valence-electron chi connectivity index (χ2n) is 5.86. The molecule has 18 heavy (non-hydrogen) atoms. The molecule has 0 aromatic carbocycles. The predicted octanol–water partition coefficient (Wildman–Crippen LogP) is 5.51. The molecule has 0 spiro atoms. The van der Waals surface area contributed by atoms with Gasteiger partial charge >= 0.3 is 5.97 Å². The minimum atomic E-state index is -0.661. The Morgan fingerprint density at radius 3 is 1.78 bits per heavy atom. The van der Waals surface area contributed by atoms with Gasteiger partial charge in [-0.15, -0.1) is 0 Å². The average Bonchev–Trinajstić information content (AvgIpc) is 2.33. The number of rotatable bonds is 8. The van der Waals surface area contributed by atoms with Crippen molar-refractivity contribution in [2.24, 2.45) is 11.3 Å². The Morgan fingerprint density at radius 1 is 1.11 bits per heavy atom. The minimum absolute atomic E-state index is 0.510. The Balaban J connectivity index is 0. The Kier molecular flexibility index (Phi) is 12.7. The number of carbonyl (C=O) groups is 1. The van der Waals surface area contributed by atoms with Gasteiger partial charge in [-0.05, 0) is 32.1 Å². The van der Waals surface area contributed by atoms with Crippen LogP contribution < -0.4 is 0 Å². The van der Waals surface area contributed by atoms with Crippen LogP contribution in [0.3, 0.4) is 0 Å². The fourth-order valence-electron chi connectivity index (χ4n) is 1.54. The van der Waals surface area contributed by atoms with E-state index in [1.54, 1.807) is 0 Å². The summed E-state index contributed by atoms with van der Waals surface area (Å²) in [6.45, 7) is 12.5. The van der Waals surface area contributed by atoms with E-state index >= 15 is 0 Å². The van der Waals surface area contributed by atoms with Gasteiger partial charge in [0.2, 0.25) is 0 Å². The molecule has 0 radical (unpaired) electrons. The van der Waals surface area contributed by atoms with Crippen molar-refractivity contribution in [3.63, 3.8) is 0 Å². The highest BCUT2D eigenvalue weighted by Crippen LogP contribution is 2.29. The number of aliphatic carboxylic acids is 1. The zero-order valence-corrected chi connectivity index (χ0v) is 13.4. The zero-order chi connectivity index (χ0) is 14.6. The molecule has 0 saturated heterocycles. The van der Waals surface area contributed by atoms with Gasteiger partial charge in [-0.3, -0.25) is 4.79 Å². The molecular weight excluding hydrogens is 224 g/mol. The van der Waals surface area contributed by atoms with Crippen LogP contribution in [0.5, 0.6) is 0 Å². The number of carboxylic acid groups (broad SMARTS) is 1. The molecule has 1 atom stereocenters. The highest BCUT2D eigenvalue weighted by Gasteiger charge is 2.30. The van der Waals surface area contributed by atoms with E-state index in [4.69, 9.17) is 5.11 Å². The maximum atomic E-state index is 10.9. The fraction of sp³-hybridized carbons (Fsp3) is 0.938. The molecule has 2 heteroatoms. The molecule has 1 unspecified atom stereocenters. The molecule has 0 fully saturated rings. The van der Waals surface area contributed by atoms with Gasteiger partial charge in [0.15, 0.2) is 0 Å². The molecule has 0 aliphatic rings. The Labute approximate surface area is 114 Å². The lowest BCUT2D eigenvalue weighted by molar-refractivity contribution is -0.148. The Morgan fingerprint density at radius 2 is 1.56 bits per heavy atom. The van der Waals surface area contributed by atoms with Crippen LogP contribution in [-0.2, 0) is 4.79 Å². The van der Waals surface area contributed by atoms with Crippen molar-refractivity contribution in [2.45, 2.75) is 86.5 Å². The van der Waals surface area contributed by atoms with Crippen molar-refractivity contribution in [1.29, 1.82) is 0 Å². The molecule has 0 aliphatic carbocycles. The lowest BCUT2D eigenvalue weighted by Gasteiger charge is -2.23. The van der Waals surface area contributed by atoms with Crippen LogP contribution in [0.15, 0.2) is 0 Å². The molecule has 110 valence electrons.